The minimum atomic E-state index is -0.721. The first-order valence-electron chi connectivity index (χ1n) is 10.4. The summed E-state index contributed by atoms with van der Waals surface area (Å²) >= 11 is 0. The second-order valence-electron chi connectivity index (χ2n) is 7.64. The van der Waals surface area contributed by atoms with E-state index in [2.05, 4.69) is 20.1 Å². The third-order valence-corrected chi connectivity index (χ3v) is 5.69. The van der Waals surface area contributed by atoms with Crippen LogP contribution in [0.4, 0.5) is 16.2 Å². The molecule has 4 N–H and O–H groups in total. The summed E-state index contributed by atoms with van der Waals surface area (Å²) in [4.78, 5) is 43.7. The first kappa shape index (κ1) is 21.4. The van der Waals surface area contributed by atoms with Gasteiger partial charge in [-0.05, 0) is 30.3 Å². The highest BCUT2D eigenvalue weighted by Gasteiger charge is 2.20. The summed E-state index contributed by atoms with van der Waals surface area (Å²) in [5.74, 6) is 0.848. The Morgan fingerprint density at radius 3 is 2.56 bits per heavy atom. The van der Waals surface area contributed by atoms with Gasteiger partial charge in [0.05, 0.1) is 23.7 Å². The molecule has 2 amide bonds. The molecular weight excluding hydrogens is 412 g/mol. The number of rotatable bonds is 6. The maximum Gasteiger partial charge on any atom is 0.328 e. The van der Waals surface area contributed by atoms with Crippen molar-refractivity contribution in [3.63, 3.8) is 0 Å². The van der Waals surface area contributed by atoms with E-state index in [1.54, 1.807) is 19.2 Å². The van der Waals surface area contributed by atoms with Crippen LogP contribution < -0.4 is 31.9 Å². The number of nitrogens with zero attached hydrogens (tertiary/aromatic N) is 3. The van der Waals surface area contributed by atoms with Crippen LogP contribution in [-0.4, -0.2) is 60.3 Å². The second kappa shape index (κ2) is 9.15. The fraction of sp³-hybridized carbons (Fsp3) is 0.318. The number of aromatic amines is 1. The van der Waals surface area contributed by atoms with Crippen LogP contribution in [-0.2, 0) is 6.54 Å². The number of carbonyl (C=O) groups excluding carboxylic acids is 1. The van der Waals surface area contributed by atoms with Gasteiger partial charge in [-0.1, -0.05) is 12.1 Å². The largest absolute Gasteiger partial charge is 0.495 e. The van der Waals surface area contributed by atoms with Crippen molar-refractivity contribution in [3.05, 3.63) is 63.3 Å². The molecule has 10 heteroatoms. The number of carbonyl (C=O) groups is 1. The second-order valence-corrected chi connectivity index (χ2v) is 7.64. The highest BCUT2D eigenvalue weighted by atomic mass is 16.5. The number of hydrogen-bond donors (Lipinski definition) is 3. The van der Waals surface area contributed by atoms with Crippen molar-refractivity contribution in [1.82, 2.24) is 14.5 Å². The van der Waals surface area contributed by atoms with E-state index in [4.69, 9.17) is 10.5 Å². The Morgan fingerprint density at radius 1 is 1.09 bits per heavy atom. The molecule has 0 aliphatic carbocycles. The van der Waals surface area contributed by atoms with Crippen molar-refractivity contribution in [2.24, 2.45) is 5.73 Å². The van der Waals surface area contributed by atoms with Gasteiger partial charge in [0, 0.05) is 45.0 Å². The zero-order valence-electron chi connectivity index (χ0n) is 17.8. The van der Waals surface area contributed by atoms with Gasteiger partial charge in [-0.2, -0.15) is 0 Å². The van der Waals surface area contributed by atoms with Gasteiger partial charge < -0.3 is 25.7 Å². The van der Waals surface area contributed by atoms with Crippen LogP contribution in [0.15, 0.2) is 52.1 Å². The molecule has 3 aromatic rings. The van der Waals surface area contributed by atoms with E-state index < -0.39 is 17.3 Å². The van der Waals surface area contributed by atoms with E-state index in [0.29, 0.717) is 23.1 Å². The molecule has 0 bridgehead atoms. The van der Waals surface area contributed by atoms with Gasteiger partial charge in [0.1, 0.15) is 5.75 Å². The van der Waals surface area contributed by atoms with Crippen LogP contribution in [0.1, 0.15) is 0 Å². The fourth-order valence-electron chi connectivity index (χ4n) is 4.02. The fourth-order valence-corrected chi connectivity index (χ4v) is 4.02. The lowest BCUT2D eigenvalue weighted by molar-refractivity contribution is 0.245. The quantitative estimate of drug-likeness (QED) is 0.527. The zero-order valence-corrected chi connectivity index (χ0v) is 17.8. The molecule has 0 radical (unpaired) electrons. The minimum Gasteiger partial charge on any atom is -0.495 e. The Labute approximate surface area is 184 Å². The first-order valence-corrected chi connectivity index (χ1v) is 10.4. The van der Waals surface area contributed by atoms with E-state index >= 15 is 0 Å². The van der Waals surface area contributed by atoms with Crippen LogP contribution >= 0.6 is 0 Å². The van der Waals surface area contributed by atoms with Crippen molar-refractivity contribution < 1.29 is 9.53 Å². The van der Waals surface area contributed by atoms with Gasteiger partial charge in [-0.25, -0.2) is 9.59 Å². The lowest BCUT2D eigenvalue weighted by Gasteiger charge is -2.36. The average molecular weight is 438 g/mol. The Balaban J connectivity index is 1.45. The molecule has 1 fully saturated rings. The van der Waals surface area contributed by atoms with E-state index in [1.165, 1.54) is 10.6 Å². The van der Waals surface area contributed by atoms with Gasteiger partial charge in [-0.3, -0.25) is 14.3 Å². The molecule has 32 heavy (non-hydrogen) atoms. The number of nitrogens with one attached hydrogen (secondary N) is 2. The number of amides is 2. The third kappa shape index (κ3) is 4.45. The molecule has 4 rings (SSSR count). The molecule has 1 aliphatic rings. The van der Waals surface area contributed by atoms with E-state index in [9.17, 15) is 14.4 Å². The lowest BCUT2D eigenvalue weighted by atomic mass is 10.2. The van der Waals surface area contributed by atoms with Gasteiger partial charge in [0.2, 0.25) is 0 Å². The number of methoxy groups -OCH3 is 1. The highest BCUT2D eigenvalue weighted by molar-refractivity contribution is 5.91. The van der Waals surface area contributed by atoms with E-state index in [-0.39, 0.29) is 6.54 Å². The van der Waals surface area contributed by atoms with Crippen LogP contribution in [0.3, 0.4) is 0 Å². The number of fused-ring (bicyclic) bond motifs is 1. The van der Waals surface area contributed by atoms with Crippen molar-refractivity contribution in [1.29, 1.82) is 0 Å². The third-order valence-electron chi connectivity index (χ3n) is 5.69. The summed E-state index contributed by atoms with van der Waals surface area (Å²) in [6.45, 7) is 4.12. The molecule has 2 heterocycles. The van der Waals surface area contributed by atoms with Crippen LogP contribution in [0.2, 0.25) is 0 Å². The maximum absolute atomic E-state index is 12.9. The number of ether oxygens (including phenoxy) is 1. The van der Waals surface area contributed by atoms with E-state index in [0.717, 1.165) is 37.6 Å². The molecule has 1 aromatic heterocycles. The Kier molecular flexibility index (Phi) is 6.13. The predicted molar refractivity (Wildman–Crippen MR) is 124 cm³/mol. The molecule has 10 nitrogen and oxygen atoms in total. The van der Waals surface area contributed by atoms with Crippen LogP contribution in [0, 0.1) is 0 Å². The summed E-state index contributed by atoms with van der Waals surface area (Å²) in [6.07, 6.45) is 0. The van der Waals surface area contributed by atoms with Crippen molar-refractivity contribution >= 4 is 28.3 Å². The summed E-state index contributed by atoms with van der Waals surface area (Å²) in [5, 5.41) is 2.76. The molecule has 0 unspecified atom stereocenters. The number of hydrogen-bond acceptors (Lipinski definition) is 6. The van der Waals surface area contributed by atoms with E-state index in [1.807, 2.05) is 24.3 Å². The number of nitrogens with two attached hydrogens (primary N) is 1. The molecule has 0 spiro atoms. The summed E-state index contributed by atoms with van der Waals surface area (Å²) < 4.78 is 6.66. The minimum absolute atomic E-state index is 0.270. The summed E-state index contributed by atoms with van der Waals surface area (Å²) in [5.41, 5.74) is 6.17. The first-order chi connectivity index (χ1) is 15.5. The van der Waals surface area contributed by atoms with Crippen LogP contribution in [0.5, 0.6) is 5.75 Å². The Bertz CT molecular complexity index is 1240. The Hall–Kier alpha value is -3.79. The number of piperazine rings is 1. The number of urea groups is 1. The number of anilines is 2. The highest BCUT2D eigenvalue weighted by Crippen LogP contribution is 2.28. The Morgan fingerprint density at radius 2 is 1.84 bits per heavy atom. The topological polar surface area (TPSA) is 126 Å². The van der Waals surface area contributed by atoms with Gasteiger partial charge in [0.15, 0.2) is 0 Å². The van der Waals surface area contributed by atoms with Gasteiger partial charge >= 0.3 is 11.7 Å². The molecule has 1 aliphatic heterocycles. The van der Waals surface area contributed by atoms with Crippen LogP contribution in [0.25, 0.3) is 10.9 Å². The molecule has 168 valence electrons. The molecular formula is C22H26N6O4. The molecule has 2 aromatic carbocycles. The zero-order chi connectivity index (χ0) is 22.7. The monoisotopic (exact) mass is 438 g/mol. The summed E-state index contributed by atoms with van der Waals surface area (Å²) in [6, 6.07) is 11.9. The molecule has 0 saturated carbocycles. The standard InChI is InChI=1S/C22H26N6O4/c1-32-19-5-3-2-4-18(19)27-11-8-26(9-12-27)10-13-28-20(29)16-14-15(24-21(23)30)6-7-17(16)25-22(28)31/h2-7,14H,8-13H2,1H3,(H,25,31)(H3,23,24,30). The lowest BCUT2D eigenvalue weighted by Crippen LogP contribution is -2.48. The van der Waals surface area contributed by atoms with Crippen molar-refractivity contribution in [3.8, 4) is 5.75 Å². The molecule has 0 atom stereocenters. The number of primary amides is 1. The number of aromatic nitrogens is 2. The molecule has 1 saturated heterocycles. The maximum atomic E-state index is 12.9. The number of para-hydroxylation sites is 2. The van der Waals surface area contributed by atoms with Crippen molar-refractivity contribution in [2.45, 2.75) is 6.54 Å². The van der Waals surface area contributed by atoms with Gasteiger partial charge in [0.25, 0.3) is 5.56 Å². The smallest absolute Gasteiger partial charge is 0.328 e. The SMILES string of the molecule is COc1ccccc1N1CCN(CCn2c(=O)[nH]c3ccc(NC(N)=O)cc3c2=O)CC1. The average Bonchev–Trinajstić information content (AvgIpc) is 2.79. The van der Waals surface area contributed by atoms with Crippen molar-refractivity contribution in [2.75, 3.05) is 50.1 Å². The number of H-pyrrole nitrogens is 1. The predicted octanol–water partition coefficient (Wildman–Crippen LogP) is 1.01. The normalized spacial score (nSPS) is 14.5. The van der Waals surface area contributed by atoms with Gasteiger partial charge in [-0.15, -0.1) is 0 Å². The summed E-state index contributed by atoms with van der Waals surface area (Å²) in [7, 11) is 1.67. The number of benzene rings is 2.